The minimum atomic E-state index is -0.403. The number of aliphatic imine (C=N–C) groups is 2. The topological polar surface area (TPSA) is 120 Å². The molecule has 0 atom stereocenters. The molecule has 2 N–H and O–H groups in total. The van der Waals surface area contributed by atoms with Crippen molar-refractivity contribution in [3.05, 3.63) is 0 Å². The van der Waals surface area contributed by atoms with Crippen molar-refractivity contribution in [2.75, 3.05) is 73.1 Å². The average Bonchev–Trinajstić information content (AvgIpc) is 2.86. The van der Waals surface area contributed by atoms with Crippen LogP contribution in [0.5, 0.6) is 0 Å². The molecule has 0 radical (unpaired) electrons. The van der Waals surface area contributed by atoms with E-state index >= 15 is 0 Å². The molecule has 10 nitrogen and oxygen atoms in total. The summed E-state index contributed by atoms with van der Waals surface area (Å²) in [5.41, 5.74) is 0. The third-order valence-electron chi connectivity index (χ3n) is 2.52. The van der Waals surface area contributed by atoms with Crippen LogP contribution in [-0.4, -0.2) is 97.1 Å². The average molecular weight is 666 g/mol. The molecule has 0 aromatic rings. The van der Waals surface area contributed by atoms with Gasteiger partial charge in [0.2, 0.25) is 12.8 Å². The fourth-order valence-electron chi connectivity index (χ4n) is 1.27. The Kier molecular flexibility index (Phi) is 34.4. The summed E-state index contributed by atoms with van der Waals surface area (Å²) in [7, 11) is 0. The highest BCUT2D eigenvalue weighted by Crippen LogP contribution is 2.18. The molecule has 0 fully saturated rings. The number of alkyl carbamates (subject to hydrolysis) is 1. The predicted molar refractivity (Wildman–Crippen MR) is 166 cm³/mol. The third kappa shape index (κ3) is 33.2. The molecule has 0 aliphatic heterocycles. The molecule has 0 heterocycles. The van der Waals surface area contributed by atoms with E-state index in [1.807, 2.05) is 6.26 Å². The molecule has 206 valence electrons. The van der Waals surface area contributed by atoms with Gasteiger partial charge in [-0.3, -0.25) is 0 Å². The summed E-state index contributed by atoms with van der Waals surface area (Å²) in [6, 6.07) is 0. The first-order chi connectivity index (χ1) is 17.3. The Morgan fingerprint density at radius 1 is 0.771 bits per heavy atom. The van der Waals surface area contributed by atoms with Gasteiger partial charge in [-0.05, 0) is 6.26 Å². The third-order valence-corrected chi connectivity index (χ3v) is 11.3. The number of nitrogens with one attached hydrogen (secondary N) is 1. The number of hydrogen-bond donors (Lipinski definition) is 2. The molecule has 1 amide bonds. The molecule has 0 unspecified atom stereocenters. The number of ether oxygens (including phenoxy) is 1. The predicted octanol–water partition coefficient (Wildman–Crippen LogP) is 5.38. The zero-order valence-corrected chi connectivity index (χ0v) is 26.5. The Balaban J connectivity index is 3.21. The van der Waals surface area contributed by atoms with Crippen molar-refractivity contribution in [2.24, 2.45) is 9.98 Å². The van der Waals surface area contributed by atoms with E-state index in [0.29, 0.717) is 35.4 Å². The zero-order chi connectivity index (χ0) is 25.5. The van der Waals surface area contributed by atoms with Gasteiger partial charge in [-0.15, -0.1) is 106 Å². The van der Waals surface area contributed by atoms with Crippen molar-refractivity contribution in [1.29, 1.82) is 0 Å². The molecule has 0 bridgehead atoms. The number of aliphatic hydroxyl groups excluding tert-OH is 1. The lowest BCUT2D eigenvalue weighted by Crippen LogP contribution is -2.23. The maximum atomic E-state index is 11.6. The summed E-state index contributed by atoms with van der Waals surface area (Å²) in [5.74, 6) is 3.00. The monoisotopic (exact) mass is 665 g/mol. The van der Waals surface area contributed by atoms with Crippen LogP contribution in [0.3, 0.4) is 0 Å². The van der Waals surface area contributed by atoms with Gasteiger partial charge >= 0.3 is 6.09 Å². The zero-order valence-electron chi connectivity index (χ0n) is 19.1. The molecule has 0 aliphatic carbocycles. The fraction of sp³-hybridized carbons (Fsp3) is 0.812. The standard InChI is InChI=1S/C16H31N3O7S9/c1-27-4-17-2-23-26-10-33-15-35-14-31-8-22-16(21)19-6-29-12-34-11-28-5-18-3-24-25-9-32-13-30-7-20/h2-3,20H,4-15H2,1H3,(H,19,21). The number of aliphatic hydroxyl groups is 1. The van der Waals surface area contributed by atoms with Crippen LogP contribution >= 0.6 is 106 Å². The van der Waals surface area contributed by atoms with Gasteiger partial charge in [0.05, 0.1) is 23.6 Å². The number of carbonyl (C=O) groups is 1. The summed E-state index contributed by atoms with van der Waals surface area (Å²) < 4.78 is 5.12. The number of rotatable bonds is 27. The van der Waals surface area contributed by atoms with Gasteiger partial charge in [0, 0.05) is 25.4 Å². The Morgan fingerprint density at radius 2 is 1.34 bits per heavy atom. The molecule has 0 aromatic heterocycles. The normalized spacial score (nSPS) is 11.4. The summed E-state index contributed by atoms with van der Waals surface area (Å²) >= 11 is 14.4. The Morgan fingerprint density at radius 3 is 2.00 bits per heavy atom. The summed E-state index contributed by atoms with van der Waals surface area (Å²) in [4.78, 5) is 39.0. The van der Waals surface area contributed by atoms with Crippen LogP contribution < -0.4 is 5.32 Å². The first-order valence-electron chi connectivity index (χ1n) is 9.46. The maximum Gasteiger partial charge on any atom is 0.408 e. The van der Waals surface area contributed by atoms with Gasteiger partial charge in [0.1, 0.15) is 17.8 Å². The van der Waals surface area contributed by atoms with Crippen molar-refractivity contribution in [1.82, 2.24) is 5.32 Å². The van der Waals surface area contributed by atoms with Crippen molar-refractivity contribution in [3.63, 3.8) is 0 Å². The number of hydrogen-bond acceptors (Lipinski definition) is 18. The lowest BCUT2D eigenvalue weighted by molar-refractivity contribution is -0.196. The fourth-order valence-corrected chi connectivity index (χ4v) is 8.18. The number of nitrogens with zero attached hydrogens (tertiary/aromatic N) is 2. The van der Waals surface area contributed by atoms with Crippen LogP contribution in [0.2, 0.25) is 0 Å². The number of carbonyl (C=O) groups excluding carboxylic acids is 1. The Labute approximate surface area is 245 Å². The maximum absolute atomic E-state index is 11.6. The second kappa shape index (κ2) is 33.3. The molecule has 0 rings (SSSR count). The van der Waals surface area contributed by atoms with Crippen LogP contribution in [0.15, 0.2) is 9.98 Å². The highest BCUT2D eigenvalue weighted by Gasteiger charge is 2.01. The van der Waals surface area contributed by atoms with Crippen molar-refractivity contribution in [2.45, 2.75) is 0 Å². The van der Waals surface area contributed by atoms with E-state index in [1.54, 1.807) is 82.3 Å². The second-order valence-electron chi connectivity index (χ2n) is 5.01. The van der Waals surface area contributed by atoms with Gasteiger partial charge in [0.25, 0.3) is 0 Å². The van der Waals surface area contributed by atoms with E-state index in [1.165, 1.54) is 36.3 Å². The lowest BCUT2D eigenvalue weighted by atomic mass is 11.1. The van der Waals surface area contributed by atoms with Gasteiger partial charge in [-0.2, -0.15) is 9.78 Å². The first-order valence-corrected chi connectivity index (χ1v) is 20.1. The molecule has 0 spiro atoms. The molecular formula is C16H31N3O7S9. The summed E-state index contributed by atoms with van der Waals surface area (Å²) in [5, 5.41) is 15.5. The van der Waals surface area contributed by atoms with Crippen molar-refractivity contribution in [3.8, 4) is 0 Å². The quantitative estimate of drug-likeness (QED) is 0.0292. The van der Waals surface area contributed by atoms with Crippen LogP contribution in [0.4, 0.5) is 4.79 Å². The smallest absolute Gasteiger partial charge is 0.408 e. The lowest BCUT2D eigenvalue weighted by Gasteiger charge is -2.06. The molecule has 0 aromatic carbocycles. The number of thioether (sulfide) groups is 9. The molecular weight excluding hydrogens is 635 g/mol. The molecule has 0 aliphatic rings. The van der Waals surface area contributed by atoms with E-state index < -0.39 is 6.09 Å². The van der Waals surface area contributed by atoms with Gasteiger partial charge in [-0.25, -0.2) is 14.8 Å². The Bertz CT molecular complexity index is 517. The molecule has 35 heavy (non-hydrogen) atoms. The molecule has 19 heteroatoms. The minimum absolute atomic E-state index is 0.107. The van der Waals surface area contributed by atoms with E-state index in [-0.39, 0.29) is 5.94 Å². The minimum Gasteiger partial charge on any atom is -0.438 e. The van der Waals surface area contributed by atoms with Crippen LogP contribution in [-0.2, 0) is 24.3 Å². The van der Waals surface area contributed by atoms with E-state index in [4.69, 9.17) is 29.4 Å². The van der Waals surface area contributed by atoms with Crippen LogP contribution in [0.25, 0.3) is 0 Å². The van der Waals surface area contributed by atoms with Gasteiger partial charge in [0.15, 0.2) is 0 Å². The van der Waals surface area contributed by atoms with E-state index in [0.717, 1.165) is 25.4 Å². The summed E-state index contributed by atoms with van der Waals surface area (Å²) in [6.45, 7) is 0. The number of amides is 1. The SMILES string of the molecule is CSCN=COOCSCSCSCOC(=O)NCSCSCSCN=COOCSCSCO. The second-order valence-corrected chi connectivity index (χ2v) is 15.3. The van der Waals surface area contributed by atoms with Crippen LogP contribution in [0.1, 0.15) is 0 Å². The largest absolute Gasteiger partial charge is 0.438 e. The van der Waals surface area contributed by atoms with Gasteiger partial charge in [-0.1, -0.05) is 0 Å². The van der Waals surface area contributed by atoms with Gasteiger partial charge < -0.3 is 24.9 Å². The Hall–Kier alpha value is 1.24. The first kappa shape index (κ1) is 36.2. The van der Waals surface area contributed by atoms with Crippen molar-refractivity contribution < 1.29 is 34.2 Å². The molecule has 0 saturated heterocycles. The highest BCUT2D eigenvalue weighted by molar-refractivity contribution is 8.23. The van der Waals surface area contributed by atoms with E-state index in [9.17, 15) is 4.79 Å². The summed E-state index contributed by atoms with van der Waals surface area (Å²) in [6.07, 6.45) is 4.14. The van der Waals surface area contributed by atoms with Crippen LogP contribution in [0, 0.1) is 0 Å². The van der Waals surface area contributed by atoms with Crippen molar-refractivity contribution >= 4 is 125 Å². The van der Waals surface area contributed by atoms with E-state index in [2.05, 4.69) is 15.3 Å². The highest BCUT2D eigenvalue weighted by atomic mass is 32.2. The molecule has 0 saturated carbocycles.